The van der Waals surface area contributed by atoms with E-state index < -0.39 is 10.0 Å². The van der Waals surface area contributed by atoms with E-state index in [4.69, 9.17) is 4.74 Å². The first-order chi connectivity index (χ1) is 12.9. The van der Waals surface area contributed by atoms with E-state index in [2.05, 4.69) is 0 Å². The summed E-state index contributed by atoms with van der Waals surface area (Å²) in [6, 6.07) is 11.9. The Morgan fingerprint density at radius 1 is 1.07 bits per heavy atom. The van der Waals surface area contributed by atoms with Gasteiger partial charge in [0.2, 0.25) is 10.0 Å². The minimum absolute atomic E-state index is 0.155. The summed E-state index contributed by atoms with van der Waals surface area (Å²) in [5.41, 5.74) is 1.19. The molecule has 1 heterocycles. The van der Waals surface area contributed by atoms with Gasteiger partial charge in [-0.25, -0.2) is 12.8 Å². The van der Waals surface area contributed by atoms with Gasteiger partial charge in [0.1, 0.15) is 5.82 Å². The van der Waals surface area contributed by atoms with E-state index in [1.165, 1.54) is 45.6 Å². The lowest BCUT2D eigenvalue weighted by atomic mass is 10.1. The number of ether oxygens (including phenoxy) is 1. The molecule has 1 amide bonds. The fourth-order valence-electron chi connectivity index (χ4n) is 2.86. The minimum Gasteiger partial charge on any atom is -0.379 e. The van der Waals surface area contributed by atoms with E-state index in [0.29, 0.717) is 38.4 Å². The van der Waals surface area contributed by atoms with E-state index in [1.54, 1.807) is 19.2 Å². The summed E-state index contributed by atoms with van der Waals surface area (Å²) in [5.74, 6) is -0.570. The maximum Gasteiger partial charge on any atom is 0.253 e. The van der Waals surface area contributed by atoms with Gasteiger partial charge in [-0.2, -0.15) is 4.31 Å². The van der Waals surface area contributed by atoms with Gasteiger partial charge in [-0.05, 0) is 42.0 Å². The first-order valence-electron chi connectivity index (χ1n) is 8.56. The molecule has 1 aliphatic heterocycles. The zero-order valence-electron chi connectivity index (χ0n) is 15.0. The molecule has 0 unspecified atom stereocenters. The fraction of sp³-hybridized carbons (Fsp3) is 0.316. The van der Waals surface area contributed by atoms with Crippen LogP contribution < -0.4 is 0 Å². The van der Waals surface area contributed by atoms with Crippen LogP contribution in [-0.2, 0) is 21.3 Å². The number of morpholine rings is 1. The van der Waals surface area contributed by atoms with E-state index in [0.717, 1.165) is 5.56 Å². The van der Waals surface area contributed by atoms with Crippen molar-refractivity contribution in [1.82, 2.24) is 9.21 Å². The number of hydrogen-bond acceptors (Lipinski definition) is 4. The minimum atomic E-state index is -3.58. The van der Waals surface area contributed by atoms with Gasteiger partial charge in [0.05, 0.1) is 18.1 Å². The van der Waals surface area contributed by atoms with Crippen LogP contribution in [0.2, 0.25) is 0 Å². The molecule has 0 N–H and O–H groups in total. The second-order valence-corrected chi connectivity index (χ2v) is 8.27. The van der Waals surface area contributed by atoms with Gasteiger partial charge in [-0.3, -0.25) is 4.79 Å². The Morgan fingerprint density at radius 3 is 2.26 bits per heavy atom. The number of rotatable bonds is 5. The van der Waals surface area contributed by atoms with Crippen LogP contribution in [0.25, 0.3) is 0 Å². The maximum absolute atomic E-state index is 13.0. The van der Waals surface area contributed by atoms with Crippen molar-refractivity contribution in [3.8, 4) is 0 Å². The molecule has 1 aliphatic rings. The van der Waals surface area contributed by atoms with Crippen LogP contribution in [0.5, 0.6) is 0 Å². The Balaban J connectivity index is 1.70. The summed E-state index contributed by atoms with van der Waals surface area (Å²) in [4.78, 5) is 14.2. The van der Waals surface area contributed by atoms with Crippen LogP contribution in [0, 0.1) is 5.82 Å². The summed E-state index contributed by atoms with van der Waals surface area (Å²) >= 11 is 0. The van der Waals surface area contributed by atoms with Crippen LogP contribution in [0.15, 0.2) is 53.4 Å². The molecule has 8 heteroatoms. The summed E-state index contributed by atoms with van der Waals surface area (Å²) in [6.45, 7) is 1.73. The van der Waals surface area contributed by atoms with E-state index >= 15 is 0 Å². The molecule has 0 aliphatic carbocycles. The SMILES string of the molecule is CN(Cc1ccc(F)cc1)C(=O)c1ccc(S(=O)(=O)N2CCOCC2)cc1. The molecule has 3 rings (SSSR count). The Morgan fingerprint density at radius 2 is 1.67 bits per heavy atom. The summed E-state index contributed by atoms with van der Waals surface area (Å²) in [7, 11) is -1.94. The highest BCUT2D eigenvalue weighted by Gasteiger charge is 2.26. The third kappa shape index (κ3) is 4.52. The second-order valence-electron chi connectivity index (χ2n) is 6.33. The first kappa shape index (κ1) is 19.5. The van der Waals surface area contributed by atoms with Gasteiger partial charge < -0.3 is 9.64 Å². The molecule has 2 aromatic carbocycles. The van der Waals surface area contributed by atoms with Crippen LogP contribution in [-0.4, -0.2) is 56.9 Å². The predicted octanol–water partition coefficient (Wildman–Crippen LogP) is 2.12. The maximum atomic E-state index is 13.0. The third-order valence-electron chi connectivity index (χ3n) is 4.39. The van der Waals surface area contributed by atoms with Crippen LogP contribution in [0.1, 0.15) is 15.9 Å². The highest BCUT2D eigenvalue weighted by Crippen LogP contribution is 2.18. The first-order valence-corrected chi connectivity index (χ1v) is 10.00. The number of halogens is 1. The van der Waals surface area contributed by atoms with E-state index in [1.807, 2.05) is 0 Å². The van der Waals surface area contributed by atoms with Crippen LogP contribution in [0.4, 0.5) is 4.39 Å². The third-order valence-corrected chi connectivity index (χ3v) is 6.30. The molecule has 0 saturated carbocycles. The smallest absolute Gasteiger partial charge is 0.253 e. The van der Waals surface area contributed by atoms with E-state index in [-0.39, 0.29) is 16.6 Å². The highest BCUT2D eigenvalue weighted by atomic mass is 32.2. The van der Waals surface area contributed by atoms with Gasteiger partial charge >= 0.3 is 0 Å². The van der Waals surface area contributed by atoms with Crippen molar-refractivity contribution < 1.29 is 22.3 Å². The lowest BCUT2D eigenvalue weighted by Crippen LogP contribution is -2.40. The Labute approximate surface area is 158 Å². The number of carbonyl (C=O) groups is 1. The zero-order valence-corrected chi connectivity index (χ0v) is 15.8. The fourth-order valence-corrected chi connectivity index (χ4v) is 4.27. The van der Waals surface area contributed by atoms with Gasteiger partial charge in [0.25, 0.3) is 5.91 Å². The molecule has 0 radical (unpaired) electrons. The number of hydrogen-bond donors (Lipinski definition) is 0. The molecule has 2 aromatic rings. The zero-order chi connectivity index (χ0) is 19.4. The normalized spacial score (nSPS) is 15.5. The Hall–Kier alpha value is -2.29. The second kappa shape index (κ2) is 8.16. The van der Waals surface area contributed by atoms with Crippen molar-refractivity contribution in [2.45, 2.75) is 11.4 Å². The van der Waals surface area contributed by atoms with Gasteiger partial charge in [0, 0.05) is 32.2 Å². The van der Waals surface area contributed by atoms with Crippen molar-refractivity contribution in [2.24, 2.45) is 0 Å². The summed E-state index contributed by atoms with van der Waals surface area (Å²) in [5, 5.41) is 0. The average Bonchev–Trinajstić information content (AvgIpc) is 2.70. The number of nitrogens with zero attached hydrogens (tertiary/aromatic N) is 2. The predicted molar refractivity (Wildman–Crippen MR) is 98.2 cm³/mol. The summed E-state index contributed by atoms with van der Waals surface area (Å²) < 4.78 is 44.8. The largest absolute Gasteiger partial charge is 0.379 e. The number of carbonyl (C=O) groups excluding carboxylic acids is 1. The van der Waals surface area contributed by atoms with Crippen LogP contribution >= 0.6 is 0 Å². The molecule has 1 saturated heterocycles. The molecule has 0 aromatic heterocycles. The number of sulfonamides is 1. The lowest BCUT2D eigenvalue weighted by Gasteiger charge is -2.26. The van der Waals surface area contributed by atoms with Crippen molar-refractivity contribution in [2.75, 3.05) is 33.4 Å². The van der Waals surface area contributed by atoms with Crippen molar-refractivity contribution in [3.63, 3.8) is 0 Å². The summed E-state index contributed by atoms with van der Waals surface area (Å²) in [6.07, 6.45) is 0. The number of benzene rings is 2. The van der Waals surface area contributed by atoms with Crippen molar-refractivity contribution >= 4 is 15.9 Å². The molecule has 0 bridgehead atoms. The van der Waals surface area contributed by atoms with Gasteiger partial charge in [-0.15, -0.1) is 0 Å². The molecule has 1 fully saturated rings. The molecule has 144 valence electrons. The van der Waals surface area contributed by atoms with Crippen molar-refractivity contribution in [1.29, 1.82) is 0 Å². The topological polar surface area (TPSA) is 66.9 Å². The molecule has 27 heavy (non-hydrogen) atoms. The number of amides is 1. The average molecular weight is 392 g/mol. The monoisotopic (exact) mass is 392 g/mol. The standard InChI is InChI=1S/C19H21FN2O4S/c1-21(14-15-2-6-17(20)7-3-15)19(23)16-4-8-18(9-5-16)27(24,25)22-10-12-26-13-11-22/h2-9H,10-14H2,1H3. The van der Waals surface area contributed by atoms with Crippen LogP contribution in [0.3, 0.4) is 0 Å². The molecule has 6 nitrogen and oxygen atoms in total. The lowest BCUT2D eigenvalue weighted by molar-refractivity contribution is 0.0730. The Kier molecular flexibility index (Phi) is 5.88. The van der Waals surface area contributed by atoms with E-state index in [9.17, 15) is 17.6 Å². The quantitative estimate of drug-likeness (QED) is 0.782. The Bertz CT molecular complexity index is 892. The van der Waals surface area contributed by atoms with Crippen molar-refractivity contribution in [3.05, 3.63) is 65.5 Å². The molecule has 0 spiro atoms. The molecule has 0 atom stereocenters. The van der Waals surface area contributed by atoms with Gasteiger partial charge in [-0.1, -0.05) is 12.1 Å². The van der Waals surface area contributed by atoms with Gasteiger partial charge in [0.15, 0.2) is 0 Å². The molecular weight excluding hydrogens is 371 g/mol. The molecular formula is C19H21FN2O4S. The highest BCUT2D eigenvalue weighted by molar-refractivity contribution is 7.89.